The molecule has 1 aromatic rings. The Morgan fingerprint density at radius 2 is 2.31 bits per heavy atom. The van der Waals surface area contributed by atoms with Crippen molar-refractivity contribution in [3.63, 3.8) is 0 Å². The number of carbonyl (C=O) groups is 1. The van der Waals surface area contributed by atoms with E-state index in [1.54, 1.807) is 0 Å². The van der Waals surface area contributed by atoms with Crippen LogP contribution in [-0.2, 0) is 9.63 Å². The Morgan fingerprint density at radius 3 is 2.81 bits per heavy atom. The molecule has 0 aliphatic heterocycles. The van der Waals surface area contributed by atoms with Crippen LogP contribution in [0.4, 0.5) is 11.4 Å². The van der Waals surface area contributed by atoms with E-state index in [1.807, 2.05) is 0 Å². The van der Waals surface area contributed by atoms with Crippen molar-refractivity contribution in [1.82, 2.24) is 0 Å². The molecule has 2 N–H and O–H groups in total. The third-order valence-electron chi connectivity index (χ3n) is 1.54. The molecule has 0 bridgehead atoms. The van der Waals surface area contributed by atoms with Crippen LogP contribution >= 0.6 is 11.6 Å². The molecule has 0 spiro atoms. The molecule has 0 unspecified atom stereocenters. The lowest BCUT2D eigenvalue weighted by Gasteiger charge is -2.06. The summed E-state index contributed by atoms with van der Waals surface area (Å²) in [5.74, 6) is -1.15. The van der Waals surface area contributed by atoms with E-state index in [4.69, 9.17) is 16.7 Å². The van der Waals surface area contributed by atoms with Crippen LogP contribution in [0.1, 0.15) is 0 Å². The number of non-ortho nitro benzene ring substituents is 1. The third-order valence-corrected chi connectivity index (χ3v) is 1.85. The van der Waals surface area contributed by atoms with Crippen molar-refractivity contribution < 1.29 is 19.7 Å². The van der Waals surface area contributed by atoms with Crippen LogP contribution in [0.5, 0.6) is 0 Å². The molecule has 0 atom stereocenters. The number of hydrogen-bond acceptors (Lipinski definition) is 5. The Morgan fingerprint density at radius 1 is 1.62 bits per heavy atom. The summed E-state index contributed by atoms with van der Waals surface area (Å²) >= 11 is 5.69. The number of anilines is 1. The zero-order valence-corrected chi connectivity index (χ0v) is 8.60. The van der Waals surface area contributed by atoms with Gasteiger partial charge in [-0.15, -0.1) is 0 Å². The van der Waals surface area contributed by atoms with Gasteiger partial charge < -0.3 is 5.11 Å². The van der Waals surface area contributed by atoms with E-state index in [2.05, 4.69) is 10.3 Å². The Balaban J connectivity index is 2.68. The molecule has 0 aromatic heterocycles. The second-order valence-corrected chi connectivity index (χ2v) is 3.11. The summed E-state index contributed by atoms with van der Waals surface area (Å²) < 4.78 is 0. The average Bonchev–Trinajstić information content (AvgIpc) is 2.19. The highest BCUT2D eigenvalue weighted by molar-refractivity contribution is 6.33. The van der Waals surface area contributed by atoms with Gasteiger partial charge in [0.2, 0.25) is 0 Å². The van der Waals surface area contributed by atoms with Gasteiger partial charge in [0, 0.05) is 12.1 Å². The lowest BCUT2D eigenvalue weighted by atomic mass is 10.3. The van der Waals surface area contributed by atoms with E-state index < -0.39 is 17.5 Å². The maximum Gasteiger partial charge on any atom is 0.332 e. The zero-order valence-electron chi connectivity index (χ0n) is 7.84. The van der Waals surface area contributed by atoms with Gasteiger partial charge in [0.15, 0.2) is 6.61 Å². The number of nitro groups is 1. The fourth-order valence-corrected chi connectivity index (χ4v) is 1.09. The molecule has 0 saturated carbocycles. The smallest absolute Gasteiger partial charge is 0.332 e. The summed E-state index contributed by atoms with van der Waals surface area (Å²) in [4.78, 5) is 24.5. The highest BCUT2D eigenvalue weighted by atomic mass is 35.5. The summed E-state index contributed by atoms with van der Waals surface area (Å²) in [5, 5.41) is 18.7. The van der Waals surface area contributed by atoms with Crippen molar-refractivity contribution >= 4 is 28.9 Å². The number of nitro benzene ring substituents is 1. The topological polar surface area (TPSA) is 102 Å². The van der Waals surface area contributed by atoms with Gasteiger partial charge in [0.25, 0.3) is 5.69 Å². The monoisotopic (exact) mass is 246 g/mol. The van der Waals surface area contributed by atoms with Crippen LogP contribution in [0, 0.1) is 10.1 Å². The van der Waals surface area contributed by atoms with Gasteiger partial charge in [-0.25, -0.2) is 4.79 Å². The highest BCUT2D eigenvalue weighted by Gasteiger charge is 2.09. The normalized spacial score (nSPS) is 9.81. The molecule has 16 heavy (non-hydrogen) atoms. The summed E-state index contributed by atoms with van der Waals surface area (Å²) in [5.41, 5.74) is 2.37. The first kappa shape index (κ1) is 12.2. The van der Waals surface area contributed by atoms with Crippen LogP contribution < -0.4 is 5.48 Å². The van der Waals surface area contributed by atoms with E-state index in [1.165, 1.54) is 12.1 Å². The Hall–Kier alpha value is -1.86. The number of halogens is 1. The summed E-state index contributed by atoms with van der Waals surface area (Å²) in [6.45, 7) is -0.548. The number of aliphatic carboxylic acids is 1. The Bertz CT molecular complexity index is 423. The minimum Gasteiger partial charge on any atom is -0.479 e. The number of nitrogens with one attached hydrogen (secondary N) is 1. The van der Waals surface area contributed by atoms with Gasteiger partial charge in [-0.3, -0.25) is 20.4 Å². The number of carboxylic acid groups (broad SMARTS) is 1. The molecule has 7 nitrogen and oxygen atoms in total. The maximum absolute atomic E-state index is 10.4. The standard InChI is InChI=1S/C8H7ClN2O5/c9-6-3-5(11(14)15)1-2-7(6)10-16-4-8(12)13/h1-3,10H,4H2,(H,12,13). The van der Waals surface area contributed by atoms with Gasteiger partial charge in [-0.1, -0.05) is 11.6 Å². The second kappa shape index (κ2) is 5.29. The molecule has 0 saturated heterocycles. The number of nitrogens with zero attached hydrogens (tertiary/aromatic N) is 1. The minimum atomic E-state index is -1.15. The molecule has 0 aliphatic rings. The SMILES string of the molecule is O=C(O)CONc1ccc([N+](=O)[O-])cc1Cl. The van der Waals surface area contributed by atoms with Gasteiger partial charge in [0.1, 0.15) is 0 Å². The largest absolute Gasteiger partial charge is 0.479 e. The van der Waals surface area contributed by atoms with Crippen LogP contribution in [0.15, 0.2) is 18.2 Å². The molecule has 1 aromatic carbocycles. The van der Waals surface area contributed by atoms with Crippen molar-refractivity contribution in [3.05, 3.63) is 33.3 Å². The third kappa shape index (κ3) is 3.37. The average molecular weight is 247 g/mol. The molecule has 0 fully saturated rings. The first-order valence-corrected chi connectivity index (χ1v) is 4.42. The Labute approximate surface area is 94.7 Å². The molecular formula is C8H7ClN2O5. The lowest BCUT2D eigenvalue weighted by molar-refractivity contribution is -0.384. The Kier molecular flexibility index (Phi) is 4.03. The number of hydrogen-bond donors (Lipinski definition) is 2. The highest BCUT2D eigenvalue weighted by Crippen LogP contribution is 2.26. The molecule has 86 valence electrons. The van der Waals surface area contributed by atoms with Gasteiger partial charge >= 0.3 is 5.97 Å². The van der Waals surface area contributed by atoms with Crippen molar-refractivity contribution in [3.8, 4) is 0 Å². The summed E-state index contributed by atoms with van der Waals surface area (Å²) in [7, 11) is 0. The predicted octanol–water partition coefficient (Wildman–Crippen LogP) is 1.68. The molecular weight excluding hydrogens is 240 g/mol. The fourth-order valence-electron chi connectivity index (χ4n) is 0.876. The quantitative estimate of drug-likeness (QED) is 0.605. The van der Waals surface area contributed by atoms with Gasteiger partial charge in [-0.05, 0) is 6.07 Å². The van der Waals surface area contributed by atoms with Crippen LogP contribution in [-0.4, -0.2) is 22.6 Å². The molecule has 0 heterocycles. The predicted molar refractivity (Wildman–Crippen MR) is 55.3 cm³/mol. The summed E-state index contributed by atoms with van der Waals surface area (Å²) in [6.07, 6.45) is 0. The van der Waals surface area contributed by atoms with Crippen molar-refractivity contribution in [2.75, 3.05) is 12.1 Å². The number of carboxylic acids is 1. The summed E-state index contributed by atoms with van der Waals surface area (Å²) in [6, 6.07) is 3.68. The zero-order chi connectivity index (χ0) is 12.1. The van der Waals surface area contributed by atoms with E-state index in [9.17, 15) is 14.9 Å². The molecule has 1 rings (SSSR count). The first-order chi connectivity index (χ1) is 7.50. The van der Waals surface area contributed by atoms with Crippen molar-refractivity contribution in [2.24, 2.45) is 0 Å². The van der Waals surface area contributed by atoms with Crippen molar-refractivity contribution in [2.45, 2.75) is 0 Å². The van der Waals surface area contributed by atoms with Crippen LogP contribution in [0.3, 0.4) is 0 Å². The number of rotatable bonds is 5. The van der Waals surface area contributed by atoms with Crippen LogP contribution in [0.2, 0.25) is 5.02 Å². The maximum atomic E-state index is 10.4. The number of benzene rings is 1. The molecule has 0 radical (unpaired) electrons. The lowest BCUT2D eigenvalue weighted by Crippen LogP contribution is -2.11. The minimum absolute atomic E-state index is 0.0691. The molecule has 0 aliphatic carbocycles. The van der Waals surface area contributed by atoms with Crippen molar-refractivity contribution in [1.29, 1.82) is 0 Å². The van der Waals surface area contributed by atoms with E-state index in [-0.39, 0.29) is 16.4 Å². The second-order valence-electron chi connectivity index (χ2n) is 2.71. The first-order valence-electron chi connectivity index (χ1n) is 4.04. The molecule has 8 heteroatoms. The van der Waals surface area contributed by atoms with Gasteiger partial charge in [-0.2, -0.15) is 0 Å². The molecule has 0 amide bonds. The van der Waals surface area contributed by atoms with Gasteiger partial charge in [0.05, 0.1) is 15.6 Å². The van der Waals surface area contributed by atoms with E-state index in [0.717, 1.165) is 6.07 Å². The van der Waals surface area contributed by atoms with E-state index >= 15 is 0 Å². The fraction of sp³-hybridized carbons (Fsp3) is 0.125. The van der Waals surface area contributed by atoms with Crippen LogP contribution in [0.25, 0.3) is 0 Å². The van der Waals surface area contributed by atoms with E-state index in [0.29, 0.717) is 0 Å².